The monoisotopic (exact) mass is 464 g/mol. The fourth-order valence-electron chi connectivity index (χ4n) is 4.68. The fraction of sp³-hybridized carbons (Fsp3) is 0.318. The summed E-state index contributed by atoms with van der Waals surface area (Å²) in [5.41, 5.74) is -4.65. The van der Waals surface area contributed by atoms with Crippen LogP contribution in [0.15, 0.2) is 27.8 Å². The standard InChI is InChI=1S/C22H16F4N2O5/c1-3-21(32)11-5-15-17-16(7-28(15)19(30)10(11)8-33-20(21)31)27(2)14-6-12(22(24,25)26)13(23)4-9(14)18(17)29/h4-6,32H,3,7-8H2,1-2H3/t21-/m0/s1. The third-order valence-corrected chi connectivity index (χ3v) is 6.52. The molecule has 0 bridgehead atoms. The number of hydrogen-bond acceptors (Lipinski definition) is 5. The van der Waals surface area contributed by atoms with E-state index in [2.05, 4.69) is 0 Å². The normalized spacial score (nSPS) is 19.3. The first-order valence-electron chi connectivity index (χ1n) is 9.99. The van der Waals surface area contributed by atoms with Crippen molar-refractivity contribution in [2.75, 3.05) is 0 Å². The molecule has 4 heterocycles. The van der Waals surface area contributed by atoms with Crippen LogP contribution in [0, 0.1) is 5.82 Å². The van der Waals surface area contributed by atoms with Crippen LogP contribution in [0.4, 0.5) is 17.6 Å². The molecule has 2 aliphatic rings. The van der Waals surface area contributed by atoms with Crippen LogP contribution >= 0.6 is 0 Å². The Morgan fingerprint density at radius 2 is 1.88 bits per heavy atom. The zero-order valence-electron chi connectivity index (χ0n) is 17.3. The van der Waals surface area contributed by atoms with Crippen molar-refractivity contribution in [2.24, 2.45) is 7.05 Å². The van der Waals surface area contributed by atoms with Crippen molar-refractivity contribution in [1.29, 1.82) is 0 Å². The van der Waals surface area contributed by atoms with Crippen LogP contribution in [0.1, 0.15) is 35.7 Å². The van der Waals surface area contributed by atoms with Gasteiger partial charge < -0.3 is 19.0 Å². The van der Waals surface area contributed by atoms with Gasteiger partial charge in [-0.3, -0.25) is 9.59 Å². The van der Waals surface area contributed by atoms with Crippen molar-refractivity contribution in [3.8, 4) is 11.3 Å². The molecule has 0 aliphatic carbocycles. The molecule has 0 amide bonds. The van der Waals surface area contributed by atoms with Gasteiger partial charge >= 0.3 is 12.1 Å². The Kier molecular flexibility index (Phi) is 4.23. The average molecular weight is 464 g/mol. The number of esters is 1. The highest BCUT2D eigenvalue weighted by atomic mass is 19.4. The van der Waals surface area contributed by atoms with E-state index in [-0.39, 0.29) is 58.6 Å². The number of carbonyl (C=O) groups excluding carboxylic acids is 1. The predicted octanol–water partition coefficient (Wildman–Crippen LogP) is 2.54. The predicted molar refractivity (Wildman–Crippen MR) is 107 cm³/mol. The van der Waals surface area contributed by atoms with E-state index in [1.165, 1.54) is 29.2 Å². The highest BCUT2D eigenvalue weighted by Crippen LogP contribution is 2.39. The number of aromatic nitrogens is 2. The Morgan fingerprint density at radius 1 is 1.18 bits per heavy atom. The van der Waals surface area contributed by atoms with E-state index in [9.17, 15) is 37.1 Å². The second-order valence-electron chi connectivity index (χ2n) is 8.16. The zero-order valence-corrected chi connectivity index (χ0v) is 17.3. The summed E-state index contributed by atoms with van der Waals surface area (Å²) >= 11 is 0. The van der Waals surface area contributed by atoms with Crippen molar-refractivity contribution in [3.63, 3.8) is 0 Å². The average Bonchev–Trinajstić information content (AvgIpc) is 3.14. The Labute approximate surface area is 182 Å². The first-order valence-corrected chi connectivity index (χ1v) is 9.99. The highest BCUT2D eigenvalue weighted by molar-refractivity contribution is 5.88. The summed E-state index contributed by atoms with van der Waals surface area (Å²) < 4.78 is 61.5. The van der Waals surface area contributed by atoms with Gasteiger partial charge in [-0.15, -0.1) is 0 Å². The summed E-state index contributed by atoms with van der Waals surface area (Å²) in [6, 6.07) is 2.48. The Balaban J connectivity index is 1.86. The summed E-state index contributed by atoms with van der Waals surface area (Å²) in [5, 5.41) is 10.6. The third-order valence-electron chi connectivity index (χ3n) is 6.52. The van der Waals surface area contributed by atoms with Gasteiger partial charge in [0.15, 0.2) is 11.0 Å². The molecule has 5 rings (SSSR count). The summed E-state index contributed by atoms with van der Waals surface area (Å²) in [6.45, 7) is 1.04. The molecule has 1 aromatic carbocycles. The molecule has 11 heteroatoms. The molecule has 2 aliphatic heterocycles. The minimum absolute atomic E-state index is 0.00134. The SMILES string of the molecule is CC[C@@]1(O)C(=O)OCc2c1cc1n(c2=O)Cc2c-1c(=O)c1cc(F)c(C(F)(F)F)cc1n2C. The molecule has 1 atom stereocenters. The van der Waals surface area contributed by atoms with E-state index in [0.717, 1.165) is 0 Å². The number of cyclic esters (lactones) is 1. The smallest absolute Gasteiger partial charge is 0.419 e. The minimum Gasteiger partial charge on any atom is -0.458 e. The quantitative estimate of drug-likeness (QED) is 0.346. The highest BCUT2D eigenvalue weighted by Gasteiger charge is 2.45. The third kappa shape index (κ3) is 2.68. The van der Waals surface area contributed by atoms with Crippen molar-refractivity contribution in [1.82, 2.24) is 9.13 Å². The van der Waals surface area contributed by atoms with Crippen molar-refractivity contribution < 1.29 is 32.2 Å². The van der Waals surface area contributed by atoms with E-state index in [1.807, 2.05) is 0 Å². The molecular formula is C22H16F4N2O5. The van der Waals surface area contributed by atoms with E-state index in [0.29, 0.717) is 12.1 Å². The van der Waals surface area contributed by atoms with Gasteiger partial charge in [-0.25, -0.2) is 9.18 Å². The lowest BCUT2D eigenvalue weighted by molar-refractivity contribution is -0.172. The molecule has 0 unspecified atom stereocenters. The van der Waals surface area contributed by atoms with Gasteiger partial charge in [-0.05, 0) is 24.6 Å². The number of fused-ring (bicyclic) bond motifs is 5. The molecule has 3 aromatic rings. The number of benzene rings is 1. The van der Waals surface area contributed by atoms with Crippen molar-refractivity contribution in [3.05, 3.63) is 67.0 Å². The second kappa shape index (κ2) is 6.53. The molecule has 0 radical (unpaired) electrons. The second-order valence-corrected chi connectivity index (χ2v) is 8.16. The van der Waals surface area contributed by atoms with Gasteiger partial charge in [0.2, 0.25) is 0 Å². The first kappa shape index (κ1) is 21.4. The number of halogens is 4. The van der Waals surface area contributed by atoms with Gasteiger partial charge in [-0.2, -0.15) is 13.2 Å². The molecule has 7 nitrogen and oxygen atoms in total. The number of ether oxygens (including phenoxy) is 1. The van der Waals surface area contributed by atoms with Crippen LogP contribution in [0.25, 0.3) is 22.2 Å². The van der Waals surface area contributed by atoms with Crippen LogP contribution in [-0.2, 0) is 41.5 Å². The minimum atomic E-state index is -4.95. The molecule has 1 N–H and O–H groups in total. The van der Waals surface area contributed by atoms with Crippen LogP contribution in [-0.4, -0.2) is 20.2 Å². The lowest BCUT2D eigenvalue weighted by Crippen LogP contribution is -2.44. The lowest BCUT2D eigenvalue weighted by Gasteiger charge is -2.31. The number of alkyl halides is 3. The Hall–Kier alpha value is -3.47. The summed E-state index contributed by atoms with van der Waals surface area (Å²) in [7, 11) is 1.42. The van der Waals surface area contributed by atoms with Gasteiger partial charge in [0, 0.05) is 18.0 Å². The van der Waals surface area contributed by atoms with Crippen molar-refractivity contribution in [2.45, 2.75) is 38.3 Å². The van der Waals surface area contributed by atoms with Crippen LogP contribution < -0.4 is 11.0 Å². The van der Waals surface area contributed by atoms with Gasteiger partial charge in [0.1, 0.15) is 12.4 Å². The number of nitrogens with zero attached hydrogens (tertiary/aromatic N) is 2. The van der Waals surface area contributed by atoms with Gasteiger partial charge in [0.05, 0.1) is 40.1 Å². The van der Waals surface area contributed by atoms with E-state index < -0.39 is 40.1 Å². The van der Waals surface area contributed by atoms with E-state index in [4.69, 9.17) is 4.74 Å². The molecule has 2 aromatic heterocycles. The number of hydrogen-bond donors (Lipinski definition) is 1. The lowest BCUT2D eigenvalue weighted by atomic mass is 9.85. The van der Waals surface area contributed by atoms with Crippen LogP contribution in [0.3, 0.4) is 0 Å². The number of carbonyl (C=O) groups is 1. The molecular weight excluding hydrogens is 448 g/mol. The largest absolute Gasteiger partial charge is 0.458 e. The topological polar surface area (TPSA) is 90.5 Å². The number of aryl methyl sites for hydroxylation is 1. The first-order chi connectivity index (χ1) is 15.4. The van der Waals surface area contributed by atoms with Crippen LogP contribution in [0.2, 0.25) is 0 Å². The number of rotatable bonds is 1. The molecule has 0 saturated heterocycles. The van der Waals surface area contributed by atoms with Gasteiger partial charge in [-0.1, -0.05) is 6.92 Å². The molecule has 0 spiro atoms. The maximum absolute atomic E-state index is 14.2. The molecule has 172 valence electrons. The van der Waals surface area contributed by atoms with Gasteiger partial charge in [0.25, 0.3) is 5.56 Å². The van der Waals surface area contributed by atoms with Crippen LogP contribution in [0.5, 0.6) is 0 Å². The summed E-state index contributed by atoms with van der Waals surface area (Å²) in [6.07, 6.45) is -5.04. The molecule has 33 heavy (non-hydrogen) atoms. The Bertz CT molecular complexity index is 1520. The molecule has 0 saturated carbocycles. The zero-order chi connectivity index (χ0) is 24.0. The number of aliphatic hydroxyl groups is 1. The summed E-state index contributed by atoms with van der Waals surface area (Å²) in [4.78, 5) is 38.7. The number of pyridine rings is 2. The van der Waals surface area contributed by atoms with E-state index >= 15 is 0 Å². The molecule has 0 fully saturated rings. The van der Waals surface area contributed by atoms with E-state index in [1.54, 1.807) is 0 Å². The maximum atomic E-state index is 14.2. The summed E-state index contributed by atoms with van der Waals surface area (Å²) in [5.74, 6) is -2.51. The fourth-order valence-corrected chi connectivity index (χ4v) is 4.68. The maximum Gasteiger partial charge on any atom is 0.419 e. The van der Waals surface area contributed by atoms with Crippen molar-refractivity contribution >= 4 is 16.9 Å². The Morgan fingerprint density at radius 3 is 2.52 bits per heavy atom.